The van der Waals surface area contributed by atoms with Crippen LogP contribution in [0.5, 0.6) is 17.2 Å². The van der Waals surface area contributed by atoms with Crippen molar-refractivity contribution < 1.29 is 28.5 Å². The summed E-state index contributed by atoms with van der Waals surface area (Å²) in [6.45, 7) is 1.69. The van der Waals surface area contributed by atoms with E-state index in [4.69, 9.17) is 30.5 Å². The van der Waals surface area contributed by atoms with E-state index in [-0.39, 0.29) is 17.1 Å². The number of hydrogen-bond acceptors (Lipinski definition) is 6. The Labute approximate surface area is 185 Å². The van der Waals surface area contributed by atoms with E-state index in [1.54, 1.807) is 49.4 Å². The number of esters is 1. The van der Waals surface area contributed by atoms with Crippen LogP contribution in [0.2, 0.25) is 5.02 Å². The van der Waals surface area contributed by atoms with Gasteiger partial charge in [-0.05, 0) is 55.0 Å². The van der Waals surface area contributed by atoms with Gasteiger partial charge in [0.1, 0.15) is 0 Å². The first-order valence-electron chi connectivity index (χ1n) is 9.27. The highest BCUT2D eigenvalue weighted by Gasteiger charge is 2.38. The summed E-state index contributed by atoms with van der Waals surface area (Å²) in [6.07, 6.45) is 1.60. The van der Waals surface area contributed by atoms with Crippen LogP contribution >= 0.6 is 11.6 Å². The lowest BCUT2D eigenvalue weighted by Crippen LogP contribution is -2.24. The molecule has 7 nitrogen and oxygen atoms in total. The third-order valence-electron chi connectivity index (χ3n) is 4.87. The molecule has 1 heterocycles. The molecule has 0 bridgehead atoms. The number of methoxy groups -OCH3 is 4. The van der Waals surface area contributed by atoms with Crippen LogP contribution in [0, 0.1) is 0 Å². The van der Waals surface area contributed by atoms with E-state index in [0.717, 1.165) is 0 Å². The SMILES string of the molecule is COC(=O)C1=C(C)N(c2ccc(Cl)cc2)C(=O)/C1=C\c1cc(OC)c(OC)c(OC)c1. The number of anilines is 1. The van der Waals surface area contributed by atoms with E-state index in [0.29, 0.717) is 39.2 Å². The maximum Gasteiger partial charge on any atom is 0.340 e. The van der Waals surface area contributed by atoms with Gasteiger partial charge in [-0.1, -0.05) is 11.6 Å². The first-order chi connectivity index (χ1) is 14.9. The van der Waals surface area contributed by atoms with Crippen LogP contribution in [0.1, 0.15) is 12.5 Å². The first kappa shape index (κ1) is 22.2. The van der Waals surface area contributed by atoms with Gasteiger partial charge in [0.15, 0.2) is 11.5 Å². The number of nitrogens with zero attached hydrogens (tertiary/aromatic N) is 1. The molecular formula is C23H22ClNO6. The Kier molecular flexibility index (Phi) is 6.56. The highest BCUT2D eigenvalue weighted by atomic mass is 35.5. The van der Waals surface area contributed by atoms with Crippen molar-refractivity contribution in [2.24, 2.45) is 0 Å². The third-order valence-corrected chi connectivity index (χ3v) is 5.12. The van der Waals surface area contributed by atoms with E-state index in [1.807, 2.05) is 0 Å². The Balaban J connectivity index is 2.17. The van der Waals surface area contributed by atoms with Crippen molar-refractivity contribution in [3.8, 4) is 17.2 Å². The molecule has 162 valence electrons. The number of carbonyl (C=O) groups excluding carboxylic acids is 2. The molecule has 1 aliphatic heterocycles. The van der Waals surface area contributed by atoms with Gasteiger partial charge < -0.3 is 18.9 Å². The predicted octanol–water partition coefficient (Wildman–Crippen LogP) is 4.24. The number of allylic oxidation sites excluding steroid dienone is 1. The van der Waals surface area contributed by atoms with Gasteiger partial charge >= 0.3 is 5.97 Å². The van der Waals surface area contributed by atoms with Crippen LogP contribution in [0.4, 0.5) is 5.69 Å². The van der Waals surface area contributed by atoms with E-state index in [9.17, 15) is 9.59 Å². The zero-order valence-electron chi connectivity index (χ0n) is 17.8. The van der Waals surface area contributed by atoms with E-state index in [2.05, 4.69) is 0 Å². The molecular weight excluding hydrogens is 422 g/mol. The van der Waals surface area contributed by atoms with Crippen LogP contribution in [-0.4, -0.2) is 40.3 Å². The second kappa shape index (κ2) is 9.14. The van der Waals surface area contributed by atoms with Gasteiger partial charge in [-0.3, -0.25) is 9.69 Å². The molecule has 2 aromatic carbocycles. The van der Waals surface area contributed by atoms with Crippen molar-refractivity contribution in [3.63, 3.8) is 0 Å². The van der Waals surface area contributed by atoms with E-state index < -0.39 is 5.97 Å². The molecule has 0 N–H and O–H groups in total. The predicted molar refractivity (Wildman–Crippen MR) is 118 cm³/mol. The van der Waals surface area contributed by atoms with Crippen molar-refractivity contribution in [3.05, 3.63) is 63.8 Å². The van der Waals surface area contributed by atoms with Gasteiger partial charge in [-0.25, -0.2) is 4.79 Å². The van der Waals surface area contributed by atoms with Crippen LogP contribution in [0.25, 0.3) is 6.08 Å². The molecule has 0 atom stereocenters. The lowest BCUT2D eigenvalue weighted by atomic mass is 10.0. The van der Waals surface area contributed by atoms with Gasteiger partial charge in [-0.2, -0.15) is 0 Å². The summed E-state index contributed by atoms with van der Waals surface area (Å²) in [5.74, 6) is 0.297. The fourth-order valence-electron chi connectivity index (χ4n) is 3.43. The molecule has 0 saturated heterocycles. The summed E-state index contributed by atoms with van der Waals surface area (Å²) in [4.78, 5) is 27.4. The fraction of sp³-hybridized carbons (Fsp3) is 0.217. The monoisotopic (exact) mass is 443 g/mol. The number of hydrogen-bond donors (Lipinski definition) is 0. The average molecular weight is 444 g/mol. The lowest BCUT2D eigenvalue weighted by Gasteiger charge is -2.18. The van der Waals surface area contributed by atoms with Gasteiger partial charge in [-0.15, -0.1) is 0 Å². The molecule has 3 rings (SSSR count). The zero-order valence-corrected chi connectivity index (χ0v) is 18.6. The molecule has 8 heteroatoms. The summed E-state index contributed by atoms with van der Waals surface area (Å²) in [5, 5.41) is 0.540. The third kappa shape index (κ3) is 4.09. The number of amides is 1. The van der Waals surface area contributed by atoms with Gasteiger partial charge in [0.05, 0.1) is 39.6 Å². The first-order valence-corrected chi connectivity index (χ1v) is 9.65. The van der Waals surface area contributed by atoms with Crippen LogP contribution in [0.15, 0.2) is 53.2 Å². The summed E-state index contributed by atoms with van der Waals surface area (Å²) >= 11 is 5.98. The molecule has 2 aromatic rings. The summed E-state index contributed by atoms with van der Waals surface area (Å²) < 4.78 is 21.1. The van der Waals surface area contributed by atoms with Crippen LogP contribution in [-0.2, 0) is 14.3 Å². The molecule has 1 aliphatic rings. The zero-order chi connectivity index (χ0) is 22.7. The number of rotatable bonds is 6. The van der Waals surface area contributed by atoms with Gasteiger partial charge in [0, 0.05) is 16.4 Å². The second-order valence-corrected chi connectivity index (χ2v) is 7.02. The van der Waals surface area contributed by atoms with E-state index >= 15 is 0 Å². The smallest absolute Gasteiger partial charge is 0.340 e. The number of halogens is 1. The Morgan fingerprint density at radius 3 is 2.03 bits per heavy atom. The minimum absolute atomic E-state index is 0.177. The standard InChI is InChI=1S/C23H22ClNO6/c1-13-20(23(27)31-5)17(22(26)25(13)16-8-6-15(24)7-9-16)10-14-11-18(28-2)21(30-4)19(12-14)29-3/h6-12H,1-5H3/b17-10-. The second-order valence-electron chi connectivity index (χ2n) is 6.59. The van der Waals surface area contributed by atoms with Crippen LogP contribution in [0.3, 0.4) is 0 Å². The van der Waals surface area contributed by atoms with Crippen molar-refractivity contribution >= 4 is 35.2 Å². The van der Waals surface area contributed by atoms with E-state index in [1.165, 1.54) is 33.3 Å². The molecule has 0 spiro atoms. The molecule has 0 radical (unpaired) electrons. The summed E-state index contributed by atoms with van der Waals surface area (Å²) in [7, 11) is 5.78. The van der Waals surface area contributed by atoms with Crippen molar-refractivity contribution in [2.75, 3.05) is 33.3 Å². The topological polar surface area (TPSA) is 74.3 Å². The fourth-order valence-corrected chi connectivity index (χ4v) is 3.56. The maximum absolute atomic E-state index is 13.4. The average Bonchev–Trinajstić information content (AvgIpc) is 3.02. The summed E-state index contributed by atoms with van der Waals surface area (Å²) in [6, 6.07) is 10.2. The number of ether oxygens (including phenoxy) is 4. The molecule has 1 amide bonds. The number of benzene rings is 2. The van der Waals surface area contributed by atoms with Crippen LogP contribution < -0.4 is 19.1 Å². The number of carbonyl (C=O) groups is 2. The Morgan fingerprint density at radius 1 is 0.968 bits per heavy atom. The Morgan fingerprint density at radius 2 is 1.55 bits per heavy atom. The highest BCUT2D eigenvalue weighted by molar-refractivity contribution is 6.30. The molecule has 0 aliphatic carbocycles. The van der Waals surface area contributed by atoms with Gasteiger partial charge in [0.2, 0.25) is 5.75 Å². The molecule has 31 heavy (non-hydrogen) atoms. The summed E-state index contributed by atoms with van der Waals surface area (Å²) in [5.41, 5.74) is 1.99. The molecule has 0 unspecified atom stereocenters. The van der Waals surface area contributed by atoms with Crippen molar-refractivity contribution in [2.45, 2.75) is 6.92 Å². The largest absolute Gasteiger partial charge is 0.493 e. The minimum atomic E-state index is -0.610. The van der Waals surface area contributed by atoms with Gasteiger partial charge in [0.25, 0.3) is 5.91 Å². The van der Waals surface area contributed by atoms with Crippen molar-refractivity contribution in [1.29, 1.82) is 0 Å². The Bertz CT molecular complexity index is 1060. The lowest BCUT2D eigenvalue weighted by molar-refractivity contribution is -0.136. The molecule has 0 aromatic heterocycles. The Hall–Kier alpha value is -3.45. The normalized spacial score (nSPS) is 14.8. The molecule has 0 fully saturated rings. The maximum atomic E-state index is 13.4. The van der Waals surface area contributed by atoms with Crippen molar-refractivity contribution in [1.82, 2.24) is 0 Å². The minimum Gasteiger partial charge on any atom is -0.493 e. The quantitative estimate of drug-likeness (QED) is 0.491. The molecule has 0 saturated carbocycles. The highest BCUT2D eigenvalue weighted by Crippen LogP contribution is 2.40.